The van der Waals surface area contributed by atoms with Crippen LogP contribution in [0.3, 0.4) is 0 Å². The first-order valence-corrected chi connectivity index (χ1v) is 14.5. The van der Waals surface area contributed by atoms with Crippen LogP contribution in [0.15, 0.2) is 43.5 Å². The molecular weight excluding hydrogens is 498 g/mol. The summed E-state index contributed by atoms with van der Waals surface area (Å²) in [5.41, 5.74) is 2.85. The number of likely N-dealkylation sites (tertiary alicyclic amines) is 1. The highest BCUT2D eigenvalue weighted by molar-refractivity contribution is 8.02. The largest absolute Gasteiger partial charge is 0.396 e. The van der Waals surface area contributed by atoms with E-state index >= 15 is 0 Å². The van der Waals surface area contributed by atoms with Gasteiger partial charge in [0.05, 0.1) is 16.6 Å². The number of amides is 3. The molecule has 1 N–H and O–H groups in total. The summed E-state index contributed by atoms with van der Waals surface area (Å²) in [6.45, 7) is 15.0. The molecule has 3 amide bonds. The number of fused-ring (bicyclic) bond motifs is 1. The molecule has 38 heavy (non-hydrogen) atoms. The number of unbranched alkanes of at least 4 members (excludes halogenated alkanes) is 1. The number of rotatable bonds is 11. The normalized spacial score (nSPS) is 29.3. The zero-order chi connectivity index (χ0) is 27.8. The van der Waals surface area contributed by atoms with E-state index in [1.807, 2.05) is 32.0 Å². The molecule has 8 heteroatoms. The monoisotopic (exact) mass is 539 g/mol. The van der Waals surface area contributed by atoms with Crippen LogP contribution in [0.4, 0.5) is 5.69 Å². The van der Waals surface area contributed by atoms with Crippen LogP contribution in [0.25, 0.3) is 0 Å². The van der Waals surface area contributed by atoms with E-state index in [9.17, 15) is 19.5 Å². The van der Waals surface area contributed by atoms with Crippen molar-refractivity contribution >= 4 is 35.2 Å². The number of nitrogens with zero attached hydrogens (tertiary/aromatic N) is 3. The van der Waals surface area contributed by atoms with Crippen LogP contribution in [0.1, 0.15) is 37.3 Å². The van der Waals surface area contributed by atoms with Crippen molar-refractivity contribution in [2.24, 2.45) is 17.8 Å². The molecule has 0 aliphatic carbocycles. The van der Waals surface area contributed by atoms with E-state index in [4.69, 9.17) is 0 Å². The minimum absolute atomic E-state index is 0.00201. The number of anilines is 1. The highest BCUT2D eigenvalue weighted by Gasteiger charge is 2.76. The van der Waals surface area contributed by atoms with Gasteiger partial charge in [0.1, 0.15) is 6.04 Å². The minimum Gasteiger partial charge on any atom is -0.396 e. The fourth-order valence-corrected chi connectivity index (χ4v) is 9.26. The average molecular weight is 540 g/mol. The standard InChI is InChI=1S/C30H41N3O4S/c1-7-13-31(6)27(35)24-23-18-21(5)30(38-23)25(24)28(36)33(15-9-10-16-34)26(30)29(37)32(14-8-2)22-17-19(3)11-12-20(22)4/h7-8,11-12,17,21,23-26,34H,1-2,9-10,13-16,18H2,3-6H3/t21?,23-,24+,25-,26?,30?/m0/s1. The average Bonchev–Trinajstić information content (AvgIpc) is 3.47. The third kappa shape index (κ3) is 4.49. The molecule has 6 atom stereocenters. The van der Waals surface area contributed by atoms with Crippen molar-refractivity contribution in [1.82, 2.24) is 9.80 Å². The summed E-state index contributed by atoms with van der Waals surface area (Å²) in [5.74, 6) is -1.18. The van der Waals surface area contributed by atoms with Crippen molar-refractivity contribution in [1.29, 1.82) is 0 Å². The molecule has 206 valence electrons. The van der Waals surface area contributed by atoms with Crippen molar-refractivity contribution in [2.45, 2.75) is 56.1 Å². The van der Waals surface area contributed by atoms with Gasteiger partial charge in [-0.2, -0.15) is 0 Å². The van der Waals surface area contributed by atoms with E-state index in [1.54, 1.807) is 45.7 Å². The molecule has 7 nitrogen and oxygen atoms in total. The van der Waals surface area contributed by atoms with Crippen molar-refractivity contribution < 1.29 is 19.5 Å². The van der Waals surface area contributed by atoms with Gasteiger partial charge in [-0.3, -0.25) is 14.4 Å². The Kier molecular flexibility index (Phi) is 8.43. The molecular formula is C30H41N3O4S. The Morgan fingerprint density at radius 1 is 1.18 bits per heavy atom. The minimum atomic E-state index is -0.689. The molecule has 3 saturated heterocycles. The van der Waals surface area contributed by atoms with Crippen LogP contribution in [-0.4, -0.2) is 82.0 Å². The van der Waals surface area contributed by atoms with Gasteiger partial charge in [-0.05, 0) is 56.2 Å². The number of aliphatic hydroxyl groups is 1. The Bertz CT molecular complexity index is 1120. The zero-order valence-corrected chi connectivity index (χ0v) is 23.9. The predicted molar refractivity (Wildman–Crippen MR) is 153 cm³/mol. The lowest BCUT2D eigenvalue weighted by atomic mass is 9.65. The number of hydrogen-bond acceptors (Lipinski definition) is 5. The molecule has 3 fully saturated rings. The van der Waals surface area contributed by atoms with E-state index in [-0.39, 0.29) is 35.5 Å². The van der Waals surface area contributed by atoms with E-state index in [0.29, 0.717) is 32.5 Å². The van der Waals surface area contributed by atoms with Gasteiger partial charge in [0.15, 0.2) is 0 Å². The van der Waals surface area contributed by atoms with Crippen molar-refractivity contribution in [3.8, 4) is 0 Å². The van der Waals surface area contributed by atoms with Crippen LogP contribution in [0.5, 0.6) is 0 Å². The second-order valence-corrected chi connectivity index (χ2v) is 12.6. The van der Waals surface area contributed by atoms with E-state index in [0.717, 1.165) is 23.2 Å². The highest BCUT2D eigenvalue weighted by Crippen LogP contribution is 2.69. The zero-order valence-electron chi connectivity index (χ0n) is 23.1. The first kappa shape index (κ1) is 28.4. The van der Waals surface area contributed by atoms with Crippen molar-refractivity contribution in [2.75, 3.05) is 38.2 Å². The first-order valence-electron chi connectivity index (χ1n) is 13.6. The van der Waals surface area contributed by atoms with Crippen LogP contribution in [0, 0.1) is 31.6 Å². The molecule has 0 radical (unpaired) electrons. The van der Waals surface area contributed by atoms with Crippen LogP contribution in [-0.2, 0) is 14.4 Å². The van der Waals surface area contributed by atoms with E-state index in [2.05, 4.69) is 20.1 Å². The topological polar surface area (TPSA) is 81.2 Å². The summed E-state index contributed by atoms with van der Waals surface area (Å²) in [4.78, 5) is 47.7. The molecule has 0 aromatic heterocycles. The maximum atomic E-state index is 14.7. The summed E-state index contributed by atoms with van der Waals surface area (Å²) in [5, 5.41) is 9.43. The Balaban J connectivity index is 1.81. The molecule has 0 saturated carbocycles. The number of aliphatic hydroxyl groups excluding tert-OH is 1. The Morgan fingerprint density at radius 3 is 2.55 bits per heavy atom. The van der Waals surface area contributed by atoms with Crippen molar-refractivity contribution in [3.63, 3.8) is 0 Å². The Labute approximate surface area is 230 Å². The second-order valence-electron chi connectivity index (χ2n) is 11.0. The number of carbonyl (C=O) groups is 3. The van der Waals surface area contributed by atoms with Gasteiger partial charge in [-0.1, -0.05) is 31.2 Å². The van der Waals surface area contributed by atoms with Crippen LogP contribution in [0.2, 0.25) is 0 Å². The molecule has 3 heterocycles. The van der Waals surface area contributed by atoms with Gasteiger partial charge < -0.3 is 19.8 Å². The molecule has 1 aromatic carbocycles. The fraction of sp³-hybridized carbons (Fsp3) is 0.567. The first-order chi connectivity index (χ1) is 18.1. The molecule has 3 aliphatic rings. The van der Waals surface area contributed by atoms with Gasteiger partial charge in [-0.15, -0.1) is 24.9 Å². The summed E-state index contributed by atoms with van der Waals surface area (Å²) < 4.78 is -0.676. The van der Waals surface area contributed by atoms with Gasteiger partial charge in [0.25, 0.3) is 5.91 Å². The number of benzene rings is 1. The lowest BCUT2D eigenvalue weighted by Gasteiger charge is -2.41. The lowest BCUT2D eigenvalue weighted by molar-refractivity contribution is -0.143. The molecule has 1 spiro atoms. The van der Waals surface area contributed by atoms with Gasteiger partial charge in [0, 0.05) is 44.2 Å². The van der Waals surface area contributed by atoms with Gasteiger partial charge in [0.2, 0.25) is 11.8 Å². The van der Waals surface area contributed by atoms with Crippen LogP contribution >= 0.6 is 11.8 Å². The highest BCUT2D eigenvalue weighted by atomic mass is 32.2. The number of thioether (sulfide) groups is 1. The number of hydrogen-bond donors (Lipinski definition) is 1. The van der Waals surface area contributed by atoms with Gasteiger partial charge in [-0.25, -0.2) is 0 Å². The van der Waals surface area contributed by atoms with Gasteiger partial charge >= 0.3 is 0 Å². The third-order valence-electron chi connectivity index (χ3n) is 8.58. The fourth-order valence-electron chi connectivity index (χ4n) is 6.85. The summed E-state index contributed by atoms with van der Waals surface area (Å²) >= 11 is 1.69. The number of aryl methyl sites for hydroxylation is 2. The quantitative estimate of drug-likeness (QED) is 0.344. The van der Waals surface area contributed by atoms with E-state index in [1.165, 1.54) is 0 Å². The maximum Gasteiger partial charge on any atom is 0.251 e. The summed E-state index contributed by atoms with van der Waals surface area (Å²) in [6.07, 6.45) is 5.35. The Hall–Kier alpha value is -2.58. The molecule has 4 rings (SSSR count). The molecule has 1 aromatic rings. The lowest BCUT2D eigenvalue weighted by Crippen LogP contribution is -2.57. The Morgan fingerprint density at radius 2 is 1.89 bits per heavy atom. The predicted octanol–water partition coefficient (Wildman–Crippen LogP) is 3.58. The molecule has 3 unspecified atom stereocenters. The smallest absolute Gasteiger partial charge is 0.251 e. The SMILES string of the molecule is C=CCN(C)C(=O)[C@@H]1[C@@H]2CC(C)C3(S2)C(C(=O)N(CC=C)c2cc(C)ccc2C)N(CCCCO)C(=O)[C@H]13. The van der Waals surface area contributed by atoms with E-state index < -0.39 is 22.6 Å². The van der Waals surface area contributed by atoms with Crippen molar-refractivity contribution in [3.05, 3.63) is 54.6 Å². The number of likely N-dealkylation sites (N-methyl/N-ethyl adjacent to an activating group) is 1. The second kappa shape index (κ2) is 11.3. The summed E-state index contributed by atoms with van der Waals surface area (Å²) in [6, 6.07) is 5.36. The number of carbonyl (C=O) groups excluding carboxylic acids is 3. The molecule has 2 bridgehead atoms. The third-order valence-corrected chi connectivity index (χ3v) is 10.7. The molecule has 3 aliphatic heterocycles. The van der Waals surface area contributed by atoms with Crippen LogP contribution < -0.4 is 4.90 Å². The maximum absolute atomic E-state index is 14.7. The summed E-state index contributed by atoms with van der Waals surface area (Å²) in [7, 11) is 1.75.